The normalized spacial score (nSPS) is 21.9. The lowest BCUT2D eigenvalue weighted by Crippen LogP contribution is -2.32. The lowest BCUT2D eigenvalue weighted by atomic mass is 9.95. The molecule has 20 heavy (non-hydrogen) atoms. The monoisotopic (exact) mass is 294 g/mol. The predicted molar refractivity (Wildman–Crippen MR) is 75.1 cm³/mol. The van der Waals surface area contributed by atoms with Crippen molar-refractivity contribution in [2.75, 3.05) is 19.0 Å². The number of sulfone groups is 1. The third-order valence-electron chi connectivity index (χ3n) is 3.82. The van der Waals surface area contributed by atoms with Crippen molar-refractivity contribution in [2.45, 2.75) is 29.9 Å². The molecule has 108 valence electrons. The molecule has 1 saturated heterocycles. The van der Waals surface area contributed by atoms with Crippen LogP contribution in [0.15, 0.2) is 46.9 Å². The van der Waals surface area contributed by atoms with Crippen LogP contribution in [-0.2, 0) is 19.3 Å². The number of hydrogen-bond donors (Lipinski definition) is 0. The van der Waals surface area contributed by atoms with E-state index in [1.54, 1.807) is 24.3 Å². The highest BCUT2D eigenvalue weighted by Gasteiger charge is 2.38. The molecule has 0 radical (unpaired) electrons. The summed E-state index contributed by atoms with van der Waals surface area (Å²) in [4.78, 5) is 0.384. The fourth-order valence-corrected chi connectivity index (χ4v) is 4.19. The summed E-state index contributed by atoms with van der Waals surface area (Å²) in [6.07, 6.45) is 4.07. The second-order valence-corrected chi connectivity index (χ2v) is 7.24. The Morgan fingerprint density at radius 3 is 2.40 bits per heavy atom. The van der Waals surface area contributed by atoms with E-state index in [-0.39, 0.29) is 5.75 Å². The summed E-state index contributed by atoms with van der Waals surface area (Å²) >= 11 is 0. The molecular formula is C15H18O4S. The van der Waals surface area contributed by atoms with Gasteiger partial charge in [-0.15, -0.1) is 0 Å². The van der Waals surface area contributed by atoms with Gasteiger partial charge in [-0.1, -0.05) is 29.8 Å². The summed E-state index contributed by atoms with van der Waals surface area (Å²) in [5.41, 5.74) is 0.957. The van der Waals surface area contributed by atoms with Crippen molar-refractivity contribution in [2.24, 2.45) is 0 Å². The van der Waals surface area contributed by atoms with Crippen molar-refractivity contribution in [1.29, 1.82) is 0 Å². The van der Waals surface area contributed by atoms with Gasteiger partial charge in [-0.2, -0.15) is 0 Å². The number of benzene rings is 1. The Balaban J connectivity index is 1.71. The SMILES string of the molecule is O=S(=O)(CC1=CCC2(CC1)OCCO2)c1ccccc1. The summed E-state index contributed by atoms with van der Waals surface area (Å²) in [7, 11) is -3.24. The van der Waals surface area contributed by atoms with E-state index in [4.69, 9.17) is 9.47 Å². The summed E-state index contributed by atoms with van der Waals surface area (Å²) in [6.45, 7) is 1.26. The third kappa shape index (κ3) is 2.80. The average molecular weight is 294 g/mol. The first-order valence-electron chi connectivity index (χ1n) is 6.83. The Bertz CT molecular complexity index is 598. The Hall–Kier alpha value is -1.17. The van der Waals surface area contributed by atoms with Crippen LogP contribution in [0.2, 0.25) is 0 Å². The summed E-state index contributed by atoms with van der Waals surface area (Å²) < 4.78 is 35.9. The third-order valence-corrected chi connectivity index (χ3v) is 5.56. The summed E-state index contributed by atoms with van der Waals surface area (Å²) in [6, 6.07) is 8.60. The van der Waals surface area contributed by atoms with Gasteiger partial charge in [0.25, 0.3) is 0 Å². The molecule has 4 nitrogen and oxygen atoms in total. The predicted octanol–water partition coefficient (Wildman–Crippen LogP) is 2.31. The van der Waals surface area contributed by atoms with Crippen LogP contribution in [0.25, 0.3) is 0 Å². The van der Waals surface area contributed by atoms with Gasteiger partial charge >= 0.3 is 0 Å². The highest BCUT2D eigenvalue weighted by Crippen LogP contribution is 2.35. The molecule has 0 N–H and O–H groups in total. The molecule has 5 heteroatoms. The molecule has 3 rings (SSSR count). The van der Waals surface area contributed by atoms with Gasteiger partial charge in [0.2, 0.25) is 0 Å². The first-order chi connectivity index (χ1) is 9.60. The van der Waals surface area contributed by atoms with Crippen molar-refractivity contribution >= 4 is 9.84 Å². The lowest BCUT2D eigenvalue weighted by molar-refractivity contribution is -0.161. The molecule has 1 heterocycles. The quantitative estimate of drug-likeness (QED) is 0.803. The molecule has 0 amide bonds. The van der Waals surface area contributed by atoms with Crippen LogP contribution in [0.3, 0.4) is 0 Å². The average Bonchev–Trinajstić information content (AvgIpc) is 2.91. The van der Waals surface area contributed by atoms with E-state index in [1.165, 1.54) is 0 Å². The minimum Gasteiger partial charge on any atom is -0.347 e. The Morgan fingerprint density at radius 2 is 1.80 bits per heavy atom. The minimum absolute atomic E-state index is 0.0904. The second-order valence-electron chi connectivity index (χ2n) is 5.25. The van der Waals surface area contributed by atoms with E-state index in [1.807, 2.05) is 12.1 Å². The van der Waals surface area contributed by atoms with Crippen LogP contribution < -0.4 is 0 Å². The Labute approximate surface area is 119 Å². The van der Waals surface area contributed by atoms with Crippen molar-refractivity contribution in [3.8, 4) is 0 Å². The lowest BCUT2D eigenvalue weighted by Gasteiger charge is -2.30. The van der Waals surface area contributed by atoms with Crippen LogP contribution in [0.5, 0.6) is 0 Å². The molecule has 0 saturated carbocycles. The zero-order chi connectivity index (χ0) is 14.1. The number of ether oxygens (including phenoxy) is 2. The van der Waals surface area contributed by atoms with Crippen LogP contribution in [-0.4, -0.2) is 33.2 Å². The Morgan fingerprint density at radius 1 is 1.10 bits per heavy atom. The van der Waals surface area contributed by atoms with Gasteiger partial charge in [0.1, 0.15) is 0 Å². The molecule has 0 aromatic heterocycles. The fourth-order valence-electron chi connectivity index (χ4n) is 2.70. The van der Waals surface area contributed by atoms with Crippen LogP contribution in [0, 0.1) is 0 Å². The molecule has 1 aromatic rings. The van der Waals surface area contributed by atoms with Crippen molar-refractivity contribution in [3.05, 3.63) is 42.0 Å². The number of rotatable bonds is 3. The van der Waals surface area contributed by atoms with Gasteiger partial charge in [-0.3, -0.25) is 0 Å². The topological polar surface area (TPSA) is 52.6 Å². The number of hydrogen-bond acceptors (Lipinski definition) is 4. The summed E-state index contributed by atoms with van der Waals surface area (Å²) in [5, 5.41) is 0. The Kier molecular flexibility index (Phi) is 3.67. The molecular weight excluding hydrogens is 276 g/mol. The van der Waals surface area contributed by atoms with Gasteiger partial charge in [0, 0.05) is 12.8 Å². The molecule has 0 unspecified atom stereocenters. The van der Waals surface area contributed by atoms with Gasteiger partial charge in [0.15, 0.2) is 15.6 Å². The van der Waals surface area contributed by atoms with Crippen LogP contribution >= 0.6 is 0 Å². The fraction of sp³-hybridized carbons (Fsp3) is 0.467. The van der Waals surface area contributed by atoms with E-state index in [9.17, 15) is 8.42 Å². The van der Waals surface area contributed by atoms with Gasteiger partial charge in [-0.05, 0) is 18.6 Å². The van der Waals surface area contributed by atoms with E-state index >= 15 is 0 Å². The molecule has 1 fully saturated rings. The van der Waals surface area contributed by atoms with Crippen molar-refractivity contribution < 1.29 is 17.9 Å². The molecule has 0 bridgehead atoms. The molecule has 1 aromatic carbocycles. The smallest absolute Gasteiger partial charge is 0.182 e. The zero-order valence-electron chi connectivity index (χ0n) is 11.2. The van der Waals surface area contributed by atoms with Crippen molar-refractivity contribution in [1.82, 2.24) is 0 Å². The minimum atomic E-state index is -3.24. The highest BCUT2D eigenvalue weighted by molar-refractivity contribution is 7.91. The van der Waals surface area contributed by atoms with Crippen molar-refractivity contribution in [3.63, 3.8) is 0 Å². The van der Waals surface area contributed by atoms with Crippen LogP contribution in [0.4, 0.5) is 0 Å². The molecule has 1 aliphatic heterocycles. The van der Waals surface area contributed by atoms with Crippen LogP contribution in [0.1, 0.15) is 19.3 Å². The molecule has 1 spiro atoms. The van der Waals surface area contributed by atoms with E-state index in [0.717, 1.165) is 12.0 Å². The van der Waals surface area contributed by atoms with Gasteiger partial charge < -0.3 is 9.47 Å². The maximum atomic E-state index is 12.3. The first-order valence-corrected chi connectivity index (χ1v) is 8.49. The largest absolute Gasteiger partial charge is 0.347 e. The maximum absolute atomic E-state index is 12.3. The molecule has 1 aliphatic carbocycles. The maximum Gasteiger partial charge on any atom is 0.182 e. The van der Waals surface area contributed by atoms with E-state index in [2.05, 4.69) is 0 Å². The standard InChI is InChI=1S/C15H18O4S/c16-20(17,14-4-2-1-3-5-14)12-13-6-8-15(9-7-13)18-10-11-19-15/h1-6H,7-12H2. The molecule has 0 atom stereocenters. The first kappa shape index (κ1) is 13.8. The van der Waals surface area contributed by atoms with Gasteiger partial charge in [-0.25, -0.2) is 8.42 Å². The van der Waals surface area contributed by atoms with E-state index in [0.29, 0.717) is 31.0 Å². The van der Waals surface area contributed by atoms with Gasteiger partial charge in [0.05, 0.1) is 23.9 Å². The van der Waals surface area contributed by atoms with E-state index < -0.39 is 15.6 Å². The second kappa shape index (κ2) is 5.31. The highest BCUT2D eigenvalue weighted by atomic mass is 32.2. The zero-order valence-corrected chi connectivity index (χ0v) is 12.1. The summed E-state index contributed by atoms with van der Waals surface area (Å²) in [5.74, 6) is -0.396. The molecule has 2 aliphatic rings.